The first-order valence-corrected chi connectivity index (χ1v) is 10.9. The van der Waals surface area contributed by atoms with Crippen molar-refractivity contribution in [3.05, 3.63) is 40.7 Å². The highest BCUT2D eigenvalue weighted by molar-refractivity contribution is 7.09. The molecule has 0 fully saturated rings. The average Bonchev–Trinajstić information content (AvgIpc) is 3.10. The van der Waals surface area contributed by atoms with Gasteiger partial charge in [0, 0.05) is 12.2 Å². The Balaban J connectivity index is 2.47. The summed E-state index contributed by atoms with van der Waals surface area (Å²) in [5.74, 6) is -1.84. The van der Waals surface area contributed by atoms with E-state index in [2.05, 4.69) is 9.69 Å². The second kappa shape index (κ2) is 10.9. The van der Waals surface area contributed by atoms with E-state index in [1.165, 1.54) is 29.2 Å². The molecule has 0 saturated heterocycles. The van der Waals surface area contributed by atoms with E-state index in [-0.39, 0.29) is 22.2 Å². The number of nitrogens with zero attached hydrogens (tertiary/aromatic N) is 2. The normalized spacial score (nSPS) is 11.9. The number of hydrogen-bond acceptors (Lipinski definition) is 6. The summed E-state index contributed by atoms with van der Waals surface area (Å²) in [5, 5.41) is 2.88. The Morgan fingerprint density at radius 2 is 1.84 bits per heavy atom. The van der Waals surface area contributed by atoms with E-state index in [1.54, 1.807) is 0 Å². The molecular weight excluding hydrogens is 421 g/mol. The van der Waals surface area contributed by atoms with Crippen LogP contribution in [-0.2, 0) is 4.79 Å². The van der Waals surface area contributed by atoms with E-state index in [4.69, 9.17) is 11.5 Å². The quantitative estimate of drug-likeness (QED) is 0.513. The van der Waals surface area contributed by atoms with Crippen LogP contribution >= 0.6 is 11.5 Å². The zero-order chi connectivity index (χ0) is 23.1. The molecule has 168 valence electrons. The summed E-state index contributed by atoms with van der Waals surface area (Å²) in [7, 11) is 0. The number of rotatable bonds is 10. The van der Waals surface area contributed by atoms with Crippen LogP contribution in [0.1, 0.15) is 60.2 Å². The van der Waals surface area contributed by atoms with Gasteiger partial charge >= 0.3 is 0 Å². The van der Waals surface area contributed by atoms with Crippen molar-refractivity contribution in [3.63, 3.8) is 0 Å². The number of benzene rings is 1. The Hall–Kier alpha value is -3.01. The second-order valence-corrected chi connectivity index (χ2v) is 8.34. The first-order chi connectivity index (χ1) is 14.7. The predicted octanol–water partition coefficient (Wildman–Crippen LogP) is 2.94. The Bertz CT molecular complexity index is 930. The minimum atomic E-state index is -0.853. The molecule has 31 heavy (non-hydrogen) atoms. The molecule has 0 aliphatic carbocycles. The smallest absolute Gasteiger partial charge is 0.272 e. The van der Waals surface area contributed by atoms with Gasteiger partial charge in [0.15, 0.2) is 5.69 Å². The van der Waals surface area contributed by atoms with Crippen LogP contribution in [0.2, 0.25) is 0 Å². The van der Waals surface area contributed by atoms with Gasteiger partial charge in [0.25, 0.3) is 11.8 Å². The molecule has 2 aromatic rings. The van der Waals surface area contributed by atoms with Crippen LogP contribution in [-0.4, -0.2) is 34.7 Å². The lowest BCUT2D eigenvalue weighted by molar-refractivity contribution is -0.122. The zero-order valence-electron chi connectivity index (χ0n) is 17.9. The molecule has 0 saturated carbocycles. The summed E-state index contributed by atoms with van der Waals surface area (Å²) in [4.78, 5) is 39.3. The highest BCUT2D eigenvalue weighted by atomic mass is 32.1. The van der Waals surface area contributed by atoms with E-state index in [1.807, 2.05) is 20.8 Å². The van der Waals surface area contributed by atoms with Crippen molar-refractivity contribution < 1.29 is 18.8 Å². The Labute approximate surface area is 185 Å². The number of anilines is 2. The number of carbonyl (C=O) groups is 3. The molecule has 1 aromatic carbocycles. The summed E-state index contributed by atoms with van der Waals surface area (Å²) in [6.07, 6.45) is 1.79. The fourth-order valence-corrected chi connectivity index (χ4v) is 3.77. The summed E-state index contributed by atoms with van der Waals surface area (Å²) in [6.45, 7) is 6.46. The van der Waals surface area contributed by atoms with Crippen molar-refractivity contribution in [2.75, 3.05) is 17.2 Å². The van der Waals surface area contributed by atoms with Crippen molar-refractivity contribution in [2.24, 2.45) is 11.7 Å². The first-order valence-electron chi connectivity index (χ1n) is 10.1. The highest BCUT2D eigenvalue weighted by Crippen LogP contribution is 2.29. The topological polar surface area (TPSA) is 131 Å². The number of nitrogen functional groups attached to an aromatic ring is 1. The number of carbonyl (C=O) groups excluding carboxylic acids is 3. The third-order valence-electron chi connectivity index (χ3n) is 4.68. The van der Waals surface area contributed by atoms with E-state index in [9.17, 15) is 18.8 Å². The largest absolute Gasteiger partial charge is 0.395 e. The number of hydrogen-bond donors (Lipinski definition) is 3. The molecule has 0 unspecified atom stereocenters. The maximum atomic E-state index is 13.5. The van der Waals surface area contributed by atoms with Gasteiger partial charge < -0.3 is 16.8 Å². The predicted molar refractivity (Wildman–Crippen MR) is 119 cm³/mol. The van der Waals surface area contributed by atoms with Gasteiger partial charge in [-0.25, -0.2) is 4.39 Å². The molecule has 1 heterocycles. The number of halogens is 1. The third kappa shape index (κ3) is 6.00. The summed E-state index contributed by atoms with van der Waals surface area (Å²) < 4.78 is 17.4. The van der Waals surface area contributed by atoms with E-state index in [0.29, 0.717) is 31.0 Å². The van der Waals surface area contributed by atoms with Crippen LogP contribution in [0.5, 0.6) is 0 Å². The van der Waals surface area contributed by atoms with Crippen molar-refractivity contribution >= 4 is 40.6 Å². The minimum Gasteiger partial charge on any atom is -0.395 e. The molecule has 1 atom stereocenters. The Morgan fingerprint density at radius 3 is 2.35 bits per heavy atom. The van der Waals surface area contributed by atoms with Gasteiger partial charge in [-0.05, 0) is 54.6 Å². The summed E-state index contributed by atoms with van der Waals surface area (Å²) in [6, 6.07) is 4.40. The van der Waals surface area contributed by atoms with Crippen molar-refractivity contribution in [1.29, 1.82) is 0 Å². The molecule has 0 bridgehead atoms. The van der Waals surface area contributed by atoms with Crippen LogP contribution in [0.4, 0.5) is 15.8 Å². The molecule has 0 aliphatic heterocycles. The number of aromatic nitrogens is 1. The van der Waals surface area contributed by atoms with Crippen LogP contribution in [0.3, 0.4) is 0 Å². The van der Waals surface area contributed by atoms with E-state index in [0.717, 1.165) is 18.0 Å². The number of amides is 3. The zero-order valence-corrected chi connectivity index (χ0v) is 18.7. The number of nitrogens with one attached hydrogen (secondary N) is 1. The van der Waals surface area contributed by atoms with Gasteiger partial charge in [-0.1, -0.05) is 27.2 Å². The maximum absolute atomic E-state index is 13.5. The van der Waals surface area contributed by atoms with E-state index < -0.39 is 23.7 Å². The first kappa shape index (κ1) is 24.3. The van der Waals surface area contributed by atoms with Crippen molar-refractivity contribution in [3.8, 4) is 0 Å². The molecule has 10 heteroatoms. The van der Waals surface area contributed by atoms with Gasteiger partial charge in [-0.2, -0.15) is 4.37 Å². The van der Waals surface area contributed by atoms with Crippen molar-refractivity contribution in [1.82, 2.24) is 9.69 Å². The summed E-state index contributed by atoms with van der Waals surface area (Å²) in [5.41, 5.74) is 11.2. The lowest BCUT2D eigenvalue weighted by Crippen LogP contribution is -2.50. The molecule has 8 nitrogen and oxygen atoms in total. The average molecular weight is 450 g/mol. The highest BCUT2D eigenvalue weighted by Gasteiger charge is 2.34. The van der Waals surface area contributed by atoms with Gasteiger partial charge in [0.05, 0.1) is 5.69 Å². The number of nitrogens with two attached hydrogens (primary N) is 2. The Kier molecular flexibility index (Phi) is 8.49. The van der Waals surface area contributed by atoms with Crippen LogP contribution < -0.4 is 21.7 Å². The van der Waals surface area contributed by atoms with Gasteiger partial charge in [0.2, 0.25) is 5.91 Å². The standard InChI is InChI=1S/C21H28FN5O3S/c1-4-5-15(20(29)25-11-10-12(2)3)27(14-8-6-13(22)7-9-14)21(30)18-16(23)17(19(24)28)26-31-18/h6-9,12,15H,4-5,10-11,23H2,1-3H3,(H2,24,28)(H,25,29)/t15-/m1/s1. The summed E-state index contributed by atoms with van der Waals surface area (Å²) >= 11 is 0.735. The molecule has 0 radical (unpaired) electrons. The van der Waals surface area contributed by atoms with Gasteiger partial charge in [-0.3, -0.25) is 19.3 Å². The molecule has 2 rings (SSSR count). The molecular formula is C21H28FN5O3S. The molecule has 0 aliphatic rings. The molecule has 3 amide bonds. The third-order valence-corrected chi connectivity index (χ3v) is 5.53. The maximum Gasteiger partial charge on any atom is 0.272 e. The Morgan fingerprint density at radius 1 is 1.19 bits per heavy atom. The van der Waals surface area contributed by atoms with Crippen LogP contribution in [0.25, 0.3) is 0 Å². The lowest BCUT2D eigenvalue weighted by Gasteiger charge is -2.31. The van der Waals surface area contributed by atoms with Gasteiger partial charge in [-0.15, -0.1) is 0 Å². The molecule has 0 spiro atoms. The molecule has 1 aromatic heterocycles. The van der Waals surface area contributed by atoms with Crippen LogP contribution in [0, 0.1) is 11.7 Å². The fourth-order valence-electron chi connectivity index (χ4n) is 3.03. The van der Waals surface area contributed by atoms with Crippen molar-refractivity contribution in [2.45, 2.75) is 46.1 Å². The number of primary amides is 1. The molecule has 5 N–H and O–H groups in total. The SMILES string of the molecule is CCC[C@H](C(=O)NCCC(C)C)N(C(=O)c1snc(C(N)=O)c1N)c1ccc(F)cc1. The van der Waals surface area contributed by atoms with Crippen LogP contribution in [0.15, 0.2) is 24.3 Å². The monoisotopic (exact) mass is 449 g/mol. The van der Waals surface area contributed by atoms with E-state index >= 15 is 0 Å². The fraction of sp³-hybridized carbons (Fsp3) is 0.429. The second-order valence-electron chi connectivity index (χ2n) is 7.57. The lowest BCUT2D eigenvalue weighted by atomic mass is 10.1. The van der Waals surface area contributed by atoms with Gasteiger partial charge in [0.1, 0.15) is 16.7 Å². The minimum absolute atomic E-state index is 0.00536.